The molecule has 0 bridgehead atoms. The van der Waals surface area contributed by atoms with E-state index in [-0.39, 0.29) is 71.5 Å². The molecule has 8 heterocycles. The van der Waals surface area contributed by atoms with Crippen LogP contribution in [0.2, 0.25) is 0 Å². The Balaban J connectivity index is 0.000000182. The van der Waals surface area contributed by atoms with Crippen molar-refractivity contribution in [3.63, 3.8) is 0 Å². The van der Waals surface area contributed by atoms with E-state index in [4.69, 9.17) is 0 Å². The van der Waals surface area contributed by atoms with Crippen molar-refractivity contribution in [1.29, 1.82) is 0 Å². The van der Waals surface area contributed by atoms with Gasteiger partial charge in [0.1, 0.15) is 23.5 Å². The van der Waals surface area contributed by atoms with Gasteiger partial charge in [0.2, 0.25) is 11.8 Å². The Morgan fingerprint density at radius 1 is 0.595 bits per heavy atom. The Morgan fingerprint density at radius 3 is 1.32 bits per heavy atom. The first-order valence-corrected chi connectivity index (χ1v) is 24.7. The molecule has 2 fully saturated rings. The highest BCUT2D eigenvalue weighted by atomic mass is 16.3. The average Bonchev–Trinajstić information content (AvgIpc) is 4.18. The number of carbonyl (C=O) groups excluding carboxylic acids is 4. The normalized spacial score (nSPS) is 23.1. The number of allylic oxidation sites excluding steroid dienone is 2. The fourth-order valence-corrected chi connectivity index (χ4v) is 11.4. The Bertz CT molecular complexity index is 2990. The molecule has 2 aromatic carbocycles. The minimum absolute atomic E-state index is 0.0973. The summed E-state index contributed by atoms with van der Waals surface area (Å²) in [5.74, 6) is -3.43. The minimum Gasteiger partial charge on any atom is -0.396 e. The van der Waals surface area contributed by atoms with Gasteiger partial charge in [0.05, 0.1) is 36.6 Å². The fraction of sp³-hybridized carbons (Fsp3) is 0.321. The van der Waals surface area contributed by atoms with Crippen molar-refractivity contribution in [2.75, 3.05) is 13.2 Å². The van der Waals surface area contributed by atoms with Crippen molar-refractivity contribution in [2.45, 2.75) is 77.0 Å². The summed E-state index contributed by atoms with van der Waals surface area (Å²) in [6.07, 6.45) is 15.6. The van der Waals surface area contributed by atoms with Crippen LogP contribution < -0.4 is 21.8 Å². The zero-order valence-electron chi connectivity index (χ0n) is 41.4. The zero-order chi connectivity index (χ0) is 52.2. The fourth-order valence-electron chi connectivity index (χ4n) is 11.4. The van der Waals surface area contributed by atoms with Crippen LogP contribution in [0.4, 0.5) is 0 Å². The van der Waals surface area contributed by atoms with Gasteiger partial charge in [0.15, 0.2) is 0 Å². The number of aromatic nitrogens is 6. The Kier molecular flexibility index (Phi) is 15.0. The number of nitrogens with zero attached hydrogens (tertiary/aromatic N) is 8. The Hall–Kier alpha value is -8.22. The summed E-state index contributed by atoms with van der Waals surface area (Å²) < 4.78 is 3.32. The van der Waals surface area contributed by atoms with Crippen LogP contribution in [-0.4, -0.2) is 98.0 Å². The smallest absolute Gasteiger partial charge is 0.275 e. The van der Waals surface area contributed by atoms with Gasteiger partial charge in [-0.05, 0) is 63.1 Å². The van der Waals surface area contributed by atoms with E-state index in [1.54, 1.807) is 45.6 Å². The number of carbonyl (C=O) groups is 4. The lowest BCUT2D eigenvalue weighted by Gasteiger charge is -2.31. The average molecular weight is 999 g/mol. The second-order valence-electron chi connectivity index (χ2n) is 18.9. The van der Waals surface area contributed by atoms with Gasteiger partial charge >= 0.3 is 0 Å². The first kappa shape index (κ1) is 50.7. The maximum Gasteiger partial charge on any atom is 0.275 e. The first-order valence-electron chi connectivity index (χ1n) is 24.7. The second-order valence-corrected chi connectivity index (χ2v) is 18.9. The van der Waals surface area contributed by atoms with E-state index in [9.17, 15) is 39.0 Å². The van der Waals surface area contributed by atoms with Gasteiger partial charge in [-0.15, -0.1) is 0 Å². The molecule has 74 heavy (non-hydrogen) atoms. The summed E-state index contributed by atoms with van der Waals surface area (Å²) in [6.45, 7) is 7.42. The maximum absolute atomic E-state index is 13.8. The molecule has 4 amide bonds. The predicted molar refractivity (Wildman–Crippen MR) is 274 cm³/mol. The first-order chi connectivity index (χ1) is 35.9. The molecule has 10 atom stereocenters. The maximum atomic E-state index is 13.8. The van der Waals surface area contributed by atoms with Crippen LogP contribution in [0.1, 0.15) is 106 Å². The van der Waals surface area contributed by atoms with Gasteiger partial charge in [0, 0.05) is 97.3 Å². The number of hydrogen-bond acceptors (Lipinski definition) is 12. The number of hydrogen-bond donors (Lipinski definition) is 4. The molecule has 4 aliphatic rings. The Labute approximate surface area is 427 Å². The molecule has 4 N–H and O–H groups in total. The lowest BCUT2D eigenvalue weighted by atomic mass is 9.88. The third-order valence-electron chi connectivity index (χ3n) is 14.8. The van der Waals surface area contributed by atoms with E-state index < -0.39 is 47.8 Å². The minimum atomic E-state index is -0.945. The standard InChI is InChI=1S/2C28H29N5O4/c2*1-3-7-19-10-11-23-24-20(15-32(23)27(19)36)21(16-34)25(33(24)28(37)22-14-29-12-13-30-22)26(35)31-17(2)18-8-5-4-6-9-18/h2*3-14,17,20-21,24-25,34H,15-16H2,1-2H3,(H,31,35)/b7-3+;7-3-/t2*17-,20-,21-,24+,25-/m11/s1. The van der Waals surface area contributed by atoms with Gasteiger partial charge in [-0.2, -0.15) is 0 Å². The summed E-state index contributed by atoms with van der Waals surface area (Å²) in [5.41, 5.74) is 4.11. The van der Waals surface area contributed by atoms with Crippen molar-refractivity contribution >= 4 is 35.8 Å². The van der Waals surface area contributed by atoms with Crippen molar-refractivity contribution in [1.82, 2.24) is 49.5 Å². The monoisotopic (exact) mass is 998 g/mol. The molecule has 380 valence electrons. The van der Waals surface area contributed by atoms with E-state index in [0.717, 1.165) is 11.1 Å². The summed E-state index contributed by atoms with van der Waals surface area (Å²) in [7, 11) is 0. The van der Waals surface area contributed by atoms with E-state index in [1.165, 1.54) is 47.0 Å². The number of fused-ring (bicyclic) bond motifs is 6. The molecule has 0 aliphatic carbocycles. The lowest BCUT2D eigenvalue weighted by Crippen LogP contribution is -2.51. The number of aliphatic hydroxyl groups excluding tert-OH is 2. The van der Waals surface area contributed by atoms with Gasteiger partial charge in [-0.1, -0.05) is 85.0 Å². The largest absolute Gasteiger partial charge is 0.396 e. The van der Waals surface area contributed by atoms with Crippen molar-refractivity contribution < 1.29 is 29.4 Å². The third kappa shape index (κ3) is 9.37. The molecule has 4 aromatic heterocycles. The van der Waals surface area contributed by atoms with Crippen LogP contribution in [0.15, 0.2) is 144 Å². The Morgan fingerprint density at radius 2 is 0.986 bits per heavy atom. The van der Waals surface area contributed by atoms with E-state index in [1.807, 2.05) is 100 Å². The second kappa shape index (κ2) is 21.9. The highest BCUT2D eigenvalue weighted by molar-refractivity contribution is 5.98. The molecular formula is C56H58N10O8. The summed E-state index contributed by atoms with van der Waals surface area (Å²) in [6, 6.07) is 22.6. The van der Waals surface area contributed by atoms with Crippen molar-refractivity contribution in [2.24, 2.45) is 23.7 Å². The number of likely N-dealkylation sites (tertiary alicyclic amines) is 2. The van der Waals surface area contributed by atoms with Crippen LogP contribution in [-0.2, 0) is 22.7 Å². The van der Waals surface area contributed by atoms with Crippen molar-refractivity contribution in [3.05, 3.63) is 200 Å². The van der Waals surface area contributed by atoms with Crippen LogP contribution in [0.5, 0.6) is 0 Å². The molecule has 0 saturated carbocycles. The molecule has 6 aromatic rings. The highest BCUT2D eigenvalue weighted by Gasteiger charge is 2.59. The highest BCUT2D eigenvalue weighted by Crippen LogP contribution is 2.51. The molecule has 18 nitrogen and oxygen atoms in total. The number of aliphatic hydroxyl groups is 2. The van der Waals surface area contributed by atoms with Gasteiger partial charge in [0.25, 0.3) is 22.9 Å². The molecule has 18 heteroatoms. The van der Waals surface area contributed by atoms with Crippen LogP contribution in [0, 0.1) is 23.7 Å². The SMILES string of the molecule is C/C=C/c1ccc2n(c1=O)C[C@@H]1[C@@H](CO)[C@H](C(=O)N[C@H](C)c3ccccc3)N(C(=O)c3cnccn3)[C@H]21.C/C=C\c1ccc2n(c1=O)C[C@@H]1[C@@H](CO)[C@H](C(=O)N[C@H](C)c3ccccc3)N(C(=O)c3cnccn3)[C@H]21. The molecule has 0 radical (unpaired) electrons. The molecule has 2 saturated heterocycles. The van der Waals surface area contributed by atoms with Gasteiger partial charge in [-0.3, -0.25) is 38.7 Å². The summed E-state index contributed by atoms with van der Waals surface area (Å²) in [4.78, 5) is 101. The van der Waals surface area contributed by atoms with Gasteiger partial charge < -0.3 is 39.8 Å². The van der Waals surface area contributed by atoms with Crippen LogP contribution in [0.3, 0.4) is 0 Å². The third-order valence-corrected chi connectivity index (χ3v) is 14.8. The molecular weight excluding hydrogens is 941 g/mol. The lowest BCUT2D eigenvalue weighted by molar-refractivity contribution is -0.128. The number of pyridine rings is 2. The van der Waals surface area contributed by atoms with Crippen molar-refractivity contribution in [3.8, 4) is 0 Å². The number of amides is 4. The summed E-state index contributed by atoms with van der Waals surface area (Å²) in [5, 5.41) is 27.1. The molecule has 4 aliphatic heterocycles. The topological polar surface area (TPSA) is 235 Å². The number of nitrogens with one attached hydrogen (secondary N) is 2. The zero-order valence-corrected chi connectivity index (χ0v) is 41.4. The van der Waals surface area contributed by atoms with Crippen LogP contribution in [0.25, 0.3) is 12.2 Å². The van der Waals surface area contributed by atoms with Crippen LogP contribution >= 0.6 is 0 Å². The van der Waals surface area contributed by atoms with E-state index >= 15 is 0 Å². The number of rotatable bonds is 12. The quantitative estimate of drug-likeness (QED) is 0.131. The molecule has 0 unspecified atom stereocenters. The number of benzene rings is 2. The van der Waals surface area contributed by atoms with Gasteiger partial charge in [-0.25, -0.2) is 9.97 Å². The van der Waals surface area contributed by atoms with E-state index in [2.05, 4.69) is 30.6 Å². The molecule has 10 rings (SSSR count). The molecule has 0 spiro atoms. The predicted octanol–water partition coefficient (Wildman–Crippen LogP) is 4.71. The summed E-state index contributed by atoms with van der Waals surface area (Å²) >= 11 is 0. The van der Waals surface area contributed by atoms with E-state index in [0.29, 0.717) is 35.6 Å².